The predicted octanol–water partition coefficient (Wildman–Crippen LogP) is 2.55. The minimum absolute atomic E-state index is 0.350. The summed E-state index contributed by atoms with van der Waals surface area (Å²) in [5.41, 5.74) is 1.12. The van der Waals surface area contributed by atoms with E-state index in [9.17, 15) is 4.79 Å². The van der Waals surface area contributed by atoms with Gasteiger partial charge in [-0.1, -0.05) is 13.3 Å². The third-order valence-corrected chi connectivity index (χ3v) is 3.76. The standard InChI is InChI=1S/C18H22O6/c1-2-3-13-10-18(19)24-15-12-17-16(11-14(13)15)22-8-6-20-4-5-21-7-9-23-17/h10-12H,2-9H2,1H3. The first-order valence-corrected chi connectivity index (χ1v) is 8.30. The molecule has 0 unspecified atom stereocenters. The van der Waals surface area contributed by atoms with E-state index in [1.807, 2.05) is 6.07 Å². The molecule has 24 heavy (non-hydrogen) atoms. The Labute approximate surface area is 140 Å². The van der Waals surface area contributed by atoms with Gasteiger partial charge in [-0.25, -0.2) is 4.79 Å². The second-order valence-electron chi connectivity index (χ2n) is 5.56. The van der Waals surface area contributed by atoms with Crippen LogP contribution in [0.4, 0.5) is 0 Å². The van der Waals surface area contributed by atoms with Gasteiger partial charge >= 0.3 is 5.63 Å². The first kappa shape index (κ1) is 16.8. The molecule has 1 aliphatic rings. The second kappa shape index (κ2) is 8.17. The first-order chi connectivity index (χ1) is 11.8. The number of benzene rings is 1. The zero-order chi connectivity index (χ0) is 16.8. The van der Waals surface area contributed by atoms with Gasteiger partial charge in [0.15, 0.2) is 11.5 Å². The molecule has 0 saturated carbocycles. The average molecular weight is 334 g/mol. The van der Waals surface area contributed by atoms with E-state index in [1.165, 1.54) is 0 Å². The number of fused-ring (bicyclic) bond motifs is 2. The lowest BCUT2D eigenvalue weighted by atomic mass is 10.1. The monoisotopic (exact) mass is 334 g/mol. The molecular weight excluding hydrogens is 312 g/mol. The summed E-state index contributed by atoms with van der Waals surface area (Å²) >= 11 is 0. The Balaban J connectivity index is 1.99. The predicted molar refractivity (Wildman–Crippen MR) is 89.1 cm³/mol. The lowest BCUT2D eigenvalue weighted by Crippen LogP contribution is -2.15. The molecule has 0 saturated heterocycles. The van der Waals surface area contributed by atoms with E-state index in [-0.39, 0.29) is 5.63 Å². The van der Waals surface area contributed by atoms with Crippen LogP contribution in [-0.2, 0) is 15.9 Å². The van der Waals surface area contributed by atoms with Gasteiger partial charge < -0.3 is 23.4 Å². The van der Waals surface area contributed by atoms with Crippen molar-refractivity contribution in [3.8, 4) is 11.5 Å². The molecule has 0 fully saturated rings. The molecule has 0 aliphatic carbocycles. The van der Waals surface area contributed by atoms with Crippen molar-refractivity contribution in [3.05, 3.63) is 34.2 Å². The van der Waals surface area contributed by atoms with Crippen molar-refractivity contribution < 1.29 is 23.4 Å². The van der Waals surface area contributed by atoms with Crippen LogP contribution in [0.15, 0.2) is 27.4 Å². The molecule has 0 atom stereocenters. The number of hydrogen-bond acceptors (Lipinski definition) is 6. The molecule has 1 aromatic carbocycles. The van der Waals surface area contributed by atoms with Crippen molar-refractivity contribution in [2.75, 3.05) is 39.6 Å². The van der Waals surface area contributed by atoms with Crippen LogP contribution in [0.5, 0.6) is 11.5 Å². The molecule has 1 aromatic heterocycles. The van der Waals surface area contributed by atoms with Crippen molar-refractivity contribution in [1.82, 2.24) is 0 Å². The van der Waals surface area contributed by atoms with Crippen LogP contribution in [0.1, 0.15) is 18.9 Å². The lowest BCUT2D eigenvalue weighted by molar-refractivity contribution is 0.0224. The van der Waals surface area contributed by atoms with E-state index in [1.54, 1.807) is 12.1 Å². The highest BCUT2D eigenvalue weighted by atomic mass is 16.6. The summed E-state index contributed by atoms with van der Waals surface area (Å²) in [4.78, 5) is 11.8. The van der Waals surface area contributed by atoms with Gasteiger partial charge in [-0.3, -0.25) is 0 Å². The Morgan fingerprint density at radius 3 is 2.17 bits per heavy atom. The third-order valence-electron chi connectivity index (χ3n) is 3.76. The number of hydrogen-bond donors (Lipinski definition) is 0. The van der Waals surface area contributed by atoms with E-state index < -0.39 is 0 Å². The highest BCUT2D eigenvalue weighted by Gasteiger charge is 2.13. The van der Waals surface area contributed by atoms with Crippen LogP contribution in [0, 0.1) is 0 Å². The van der Waals surface area contributed by atoms with Crippen molar-refractivity contribution >= 4 is 11.0 Å². The van der Waals surface area contributed by atoms with Gasteiger partial charge in [-0.05, 0) is 18.1 Å². The number of aryl methyl sites for hydroxylation is 1. The zero-order valence-corrected chi connectivity index (χ0v) is 13.8. The lowest BCUT2D eigenvalue weighted by Gasteiger charge is -2.16. The van der Waals surface area contributed by atoms with E-state index in [2.05, 4.69) is 6.92 Å². The van der Waals surface area contributed by atoms with Crippen molar-refractivity contribution in [3.63, 3.8) is 0 Å². The van der Waals surface area contributed by atoms with Crippen LogP contribution in [0.3, 0.4) is 0 Å². The van der Waals surface area contributed by atoms with Gasteiger partial charge in [0.25, 0.3) is 0 Å². The molecule has 130 valence electrons. The minimum atomic E-state index is -0.350. The summed E-state index contributed by atoms with van der Waals surface area (Å²) in [5, 5.41) is 0.878. The van der Waals surface area contributed by atoms with E-state index in [0.717, 1.165) is 23.8 Å². The summed E-state index contributed by atoms with van der Waals surface area (Å²) in [6.45, 7) is 4.89. The summed E-state index contributed by atoms with van der Waals surface area (Å²) in [6, 6.07) is 5.15. The maximum absolute atomic E-state index is 11.8. The van der Waals surface area contributed by atoms with Crippen molar-refractivity contribution in [1.29, 1.82) is 0 Å². The summed E-state index contributed by atoms with van der Waals surface area (Å²) < 4.78 is 27.8. The fourth-order valence-electron chi connectivity index (χ4n) is 2.68. The number of rotatable bonds is 2. The molecule has 0 radical (unpaired) electrons. The van der Waals surface area contributed by atoms with Crippen LogP contribution >= 0.6 is 0 Å². The average Bonchev–Trinajstić information content (AvgIpc) is 2.55. The normalized spacial score (nSPS) is 16.4. The van der Waals surface area contributed by atoms with Crippen LogP contribution < -0.4 is 15.1 Å². The maximum atomic E-state index is 11.8. The summed E-state index contributed by atoms with van der Waals surface area (Å²) in [6.07, 6.45) is 1.75. The molecule has 0 amide bonds. The minimum Gasteiger partial charge on any atom is -0.487 e. The maximum Gasteiger partial charge on any atom is 0.336 e. The third kappa shape index (κ3) is 4.07. The second-order valence-corrected chi connectivity index (χ2v) is 5.56. The fraction of sp³-hybridized carbons (Fsp3) is 0.500. The molecular formula is C18H22O6. The largest absolute Gasteiger partial charge is 0.487 e. The molecule has 0 spiro atoms. The van der Waals surface area contributed by atoms with Gasteiger partial charge in [0.1, 0.15) is 18.8 Å². The van der Waals surface area contributed by atoms with E-state index in [4.69, 9.17) is 23.4 Å². The molecule has 0 bridgehead atoms. The quantitative estimate of drug-likeness (QED) is 0.786. The summed E-state index contributed by atoms with van der Waals surface area (Å²) in [5.74, 6) is 1.17. The summed E-state index contributed by atoms with van der Waals surface area (Å²) in [7, 11) is 0. The Hall–Kier alpha value is -2.05. The van der Waals surface area contributed by atoms with Crippen molar-refractivity contribution in [2.45, 2.75) is 19.8 Å². The van der Waals surface area contributed by atoms with Gasteiger partial charge in [0.2, 0.25) is 0 Å². The molecule has 6 heteroatoms. The number of ether oxygens (including phenoxy) is 4. The van der Waals surface area contributed by atoms with Gasteiger partial charge in [0.05, 0.1) is 26.4 Å². The fourth-order valence-corrected chi connectivity index (χ4v) is 2.68. The zero-order valence-electron chi connectivity index (χ0n) is 13.8. The Kier molecular flexibility index (Phi) is 5.72. The molecule has 2 heterocycles. The van der Waals surface area contributed by atoms with Crippen LogP contribution in [0.2, 0.25) is 0 Å². The van der Waals surface area contributed by atoms with Crippen LogP contribution in [-0.4, -0.2) is 39.6 Å². The Morgan fingerprint density at radius 2 is 1.50 bits per heavy atom. The van der Waals surface area contributed by atoms with E-state index >= 15 is 0 Å². The van der Waals surface area contributed by atoms with Gasteiger partial charge in [-0.2, -0.15) is 0 Å². The van der Waals surface area contributed by atoms with Crippen molar-refractivity contribution in [2.24, 2.45) is 0 Å². The molecule has 6 nitrogen and oxygen atoms in total. The van der Waals surface area contributed by atoms with Gasteiger partial charge in [-0.15, -0.1) is 0 Å². The molecule has 2 aromatic rings. The smallest absolute Gasteiger partial charge is 0.336 e. The first-order valence-electron chi connectivity index (χ1n) is 8.30. The SMILES string of the molecule is CCCc1cc(=O)oc2cc3c(cc12)OCCOCCOCCO3. The Bertz CT molecular complexity index is 736. The molecule has 3 rings (SSSR count). The van der Waals surface area contributed by atoms with E-state index in [0.29, 0.717) is 56.7 Å². The molecule has 0 N–H and O–H groups in total. The topological polar surface area (TPSA) is 67.1 Å². The van der Waals surface area contributed by atoms with Crippen LogP contribution in [0.25, 0.3) is 11.0 Å². The highest BCUT2D eigenvalue weighted by Crippen LogP contribution is 2.34. The highest BCUT2D eigenvalue weighted by molar-refractivity contribution is 5.84. The Morgan fingerprint density at radius 1 is 0.875 bits per heavy atom. The molecule has 1 aliphatic heterocycles. The van der Waals surface area contributed by atoms with Gasteiger partial charge in [0, 0.05) is 17.5 Å².